The normalized spacial score (nSPS) is 14.0. The van der Waals surface area contributed by atoms with Crippen LogP contribution >= 0.6 is 15.9 Å². The molecule has 1 heterocycles. The zero-order valence-electron chi connectivity index (χ0n) is 18.3. The molecule has 8 nitrogen and oxygen atoms in total. The Hall–Kier alpha value is -3.98. The number of carbonyl (C=O) groups is 1. The van der Waals surface area contributed by atoms with Crippen LogP contribution in [-0.4, -0.2) is 23.9 Å². The summed E-state index contributed by atoms with van der Waals surface area (Å²) in [4.78, 5) is 27.3. The lowest BCUT2D eigenvalue weighted by molar-refractivity contribution is -0.385. The zero-order chi connectivity index (χ0) is 24.2. The smallest absolute Gasteiger partial charge is 0.363 e. The molecule has 0 fully saturated rings. The maximum absolute atomic E-state index is 12.4. The molecule has 0 aliphatic carbocycles. The van der Waals surface area contributed by atoms with Gasteiger partial charge in [0.25, 0.3) is 5.69 Å². The summed E-state index contributed by atoms with van der Waals surface area (Å²) in [5.74, 6) is 0.405. The Morgan fingerprint density at radius 2 is 1.91 bits per heavy atom. The molecule has 172 valence electrons. The van der Waals surface area contributed by atoms with Crippen molar-refractivity contribution in [2.24, 2.45) is 4.99 Å². The summed E-state index contributed by atoms with van der Waals surface area (Å²) in [5.41, 5.74) is 2.49. The topological polar surface area (TPSA) is 100 Å². The molecule has 1 aliphatic rings. The minimum Gasteiger partial charge on any atom is -0.493 e. The molecule has 0 saturated heterocycles. The third-order valence-corrected chi connectivity index (χ3v) is 5.88. The Kier molecular flexibility index (Phi) is 6.74. The van der Waals surface area contributed by atoms with Gasteiger partial charge >= 0.3 is 5.97 Å². The first-order valence-electron chi connectivity index (χ1n) is 10.2. The lowest BCUT2D eigenvalue weighted by atomic mass is 10.1. The van der Waals surface area contributed by atoms with Gasteiger partial charge in [0.05, 0.1) is 12.0 Å². The molecule has 0 unspecified atom stereocenters. The molecule has 0 amide bonds. The van der Waals surface area contributed by atoms with Crippen LogP contribution in [0.2, 0.25) is 0 Å². The quantitative estimate of drug-likeness (QED) is 0.173. The molecule has 0 bridgehead atoms. The largest absolute Gasteiger partial charge is 0.493 e. The van der Waals surface area contributed by atoms with Crippen LogP contribution in [0.1, 0.15) is 22.3 Å². The van der Waals surface area contributed by atoms with Gasteiger partial charge in [-0.1, -0.05) is 46.3 Å². The fourth-order valence-corrected chi connectivity index (χ4v) is 3.69. The van der Waals surface area contributed by atoms with Crippen molar-refractivity contribution in [2.75, 3.05) is 7.11 Å². The molecule has 0 radical (unpaired) electrons. The third kappa shape index (κ3) is 4.99. The summed E-state index contributed by atoms with van der Waals surface area (Å²) in [5, 5.41) is 11.2. The molecular weight excluding hydrogens is 504 g/mol. The number of esters is 1. The summed E-state index contributed by atoms with van der Waals surface area (Å²) < 4.78 is 17.6. The second-order valence-corrected chi connectivity index (χ2v) is 8.24. The van der Waals surface area contributed by atoms with Gasteiger partial charge in [0.2, 0.25) is 5.90 Å². The molecule has 0 saturated carbocycles. The molecule has 0 N–H and O–H groups in total. The zero-order valence-corrected chi connectivity index (χ0v) is 19.9. The summed E-state index contributed by atoms with van der Waals surface area (Å²) in [7, 11) is 1.53. The van der Waals surface area contributed by atoms with Gasteiger partial charge in [0.15, 0.2) is 17.2 Å². The maximum atomic E-state index is 12.4. The van der Waals surface area contributed by atoms with Crippen LogP contribution in [0.25, 0.3) is 6.08 Å². The summed E-state index contributed by atoms with van der Waals surface area (Å²) in [6.45, 7) is 1.98. The van der Waals surface area contributed by atoms with Crippen molar-refractivity contribution in [1.82, 2.24) is 0 Å². The molecule has 0 spiro atoms. The van der Waals surface area contributed by atoms with E-state index in [0.29, 0.717) is 34.8 Å². The van der Waals surface area contributed by atoms with Gasteiger partial charge in [0, 0.05) is 27.2 Å². The number of cyclic esters (lactones) is 1. The van der Waals surface area contributed by atoms with E-state index in [1.807, 2.05) is 24.3 Å². The highest BCUT2D eigenvalue weighted by Gasteiger charge is 2.26. The monoisotopic (exact) mass is 522 g/mol. The number of hydrogen-bond acceptors (Lipinski definition) is 7. The first-order valence-corrected chi connectivity index (χ1v) is 11.0. The van der Waals surface area contributed by atoms with Gasteiger partial charge in [0.1, 0.15) is 6.61 Å². The lowest BCUT2D eigenvalue weighted by Crippen LogP contribution is -2.06. The number of aliphatic imine (C=N–C) groups is 1. The molecule has 3 aromatic carbocycles. The van der Waals surface area contributed by atoms with Crippen LogP contribution in [0.4, 0.5) is 5.69 Å². The van der Waals surface area contributed by atoms with Crippen LogP contribution in [0.3, 0.4) is 0 Å². The summed E-state index contributed by atoms with van der Waals surface area (Å²) in [6.07, 6.45) is 1.55. The van der Waals surface area contributed by atoms with Crippen molar-refractivity contribution in [3.8, 4) is 11.5 Å². The SMILES string of the molecule is COc1cc(/C=C2\N=C(c3ccc(C)c([N+](=O)[O-])c3)OC2=O)ccc1OCc1ccccc1Br. The van der Waals surface area contributed by atoms with E-state index in [9.17, 15) is 14.9 Å². The Bertz CT molecular complexity index is 1350. The molecule has 0 atom stereocenters. The van der Waals surface area contributed by atoms with Gasteiger partial charge in [-0.25, -0.2) is 9.79 Å². The second-order valence-electron chi connectivity index (χ2n) is 7.38. The molecule has 34 heavy (non-hydrogen) atoms. The number of ether oxygens (including phenoxy) is 3. The Morgan fingerprint density at radius 1 is 1.12 bits per heavy atom. The fourth-order valence-electron chi connectivity index (χ4n) is 3.29. The highest BCUT2D eigenvalue weighted by Crippen LogP contribution is 2.31. The van der Waals surface area contributed by atoms with E-state index in [1.54, 1.807) is 43.3 Å². The van der Waals surface area contributed by atoms with Crippen LogP contribution in [0.5, 0.6) is 11.5 Å². The van der Waals surface area contributed by atoms with Crippen LogP contribution in [-0.2, 0) is 16.1 Å². The van der Waals surface area contributed by atoms with Crippen molar-refractivity contribution in [2.45, 2.75) is 13.5 Å². The Labute approximate surface area is 203 Å². The van der Waals surface area contributed by atoms with Crippen molar-refractivity contribution in [3.05, 3.63) is 103 Å². The predicted octanol–water partition coefficient (Wildman–Crippen LogP) is 5.60. The molecule has 0 aromatic heterocycles. The van der Waals surface area contributed by atoms with Crippen molar-refractivity contribution < 1.29 is 23.9 Å². The van der Waals surface area contributed by atoms with Gasteiger partial charge in [-0.15, -0.1) is 0 Å². The van der Waals surface area contributed by atoms with Crippen LogP contribution in [0, 0.1) is 17.0 Å². The average molecular weight is 523 g/mol. The van der Waals surface area contributed by atoms with Gasteiger partial charge in [-0.3, -0.25) is 10.1 Å². The molecular formula is C25H19BrN2O6. The number of hydrogen-bond donors (Lipinski definition) is 0. The van der Waals surface area contributed by atoms with E-state index < -0.39 is 10.9 Å². The number of aryl methyl sites for hydroxylation is 1. The number of nitro groups is 1. The van der Waals surface area contributed by atoms with E-state index in [4.69, 9.17) is 14.2 Å². The van der Waals surface area contributed by atoms with Crippen LogP contribution < -0.4 is 9.47 Å². The summed E-state index contributed by atoms with van der Waals surface area (Å²) >= 11 is 3.50. The van der Waals surface area contributed by atoms with E-state index in [-0.39, 0.29) is 17.3 Å². The number of benzene rings is 3. The molecule has 1 aliphatic heterocycles. The standard InChI is InChI=1S/C25H19BrN2O6/c1-15-7-9-17(13-21(15)28(30)31)24-27-20(25(29)34-24)11-16-8-10-22(23(12-16)32-2)33-14-18-5-3-4-6-19(18)26/h3-13H,14H2,1-2H3/b20-11-. The highest BCUT2D eigenvalue weighted by molar-refractivity contribution is 9.10. The summed E-state index contributed by atoms with van der Waals surface area (Å²) in [6, 6.07) is 17.5. The molecule has 9 heteroatoms. The fraction of sp³-hybridized carbons (Fsp3) is 0.120. The molecule has 3 aromatic rings. The number of nitrogens with zero attached hydrogens (tertiary/aromatic N) is 2. The van der Waals surface area contributed by atoms with E-state index in [1.165, 1.54) is 13.2 Å². The second kappa shape index (κ2) is 9.88. The number of carbonyl (C=O) groups excluding carboxylic acids is 1. The maximum Gasteiger partial charge on any atom is 0.363 e. The van der Waals surface area contributed by atoms with E-state index >= 15 is 0 Å². The van der Waals surface area contributed by atoms with E-state index in [0.717, 1.165) is 10.0 Å². The van der Waals surface area contributed by atoms with Crippen LogP contribution in [0.15, 0.2) is 75.8 Å². The number of rotatable bonds is 7. The van der Waals surface area contributed by atoms with Crippen molar-refractivity contribution >= 4 is 39.6 Å². The molecule has 4 rings (SSSR count). The minimum atomic E-state index is -0.647. The highest BCUT2D eigenvalue weighted by atomic mass is 79.9. The van der Waals surface area contributed by atoms with Gasteiger partial charge in [-0.05, 0) is 42.8 Å². The van der Waals surface area contributed by atoms with Crippen molar-refractivity contribution in [1.29, 1.82) is 0 Å². The minimum absolute atomic E-state index is 0.0136. The average Bonchev–Trinajstić information content (AvgIpc) is 3.19. The predicted molar refractivity (Wildman–Crippen MR) is 130 cm³/mol. The Morgan fingerprint density at radius 3 is 2.65 bits per heavy atom. The first-order chi connectivity index (χ1) is 16.4. The van der Waals surface area contributed by atoms with Gasteiger partial charge in [-0.2, -0.15) is 0 Å². The number of nitro benzene ring substituents is 1. The number of methoxy groups -OCH3 is 1. The third-order valence-electron chi connectivity index (χ3n) is 5.11. The number of halogens is 1. The Balaban J connectivity index is 1.57. The lowest BCUT2D eigenvalue weighted by Gasteiger charge is -2.12. The first kappa shape index (κ1) is 23.2. The van der Waals surface area contributed by atoms with Gasteiger partial charge < -0.3 is 14.2 Å². The van der Waals surface area contributed by atoms with Crippen molar-refractivity contribution in [3.63, 3.8) is 0 Å². The van der Waals surface area contributed by atoms with E-state index in [2.05, 4.69) is 20.9 Å².